The van der Waals surface area contributed by atoms with E-state index < -0.39 is 0 Å². The van der Waals surface area contributed by atoms with Gasteiger partial charge in [-0.05, 0) is 48.1 Å². The van der Waals surface area contributed by atoms with Gasteiger partial charge in [0.2, 0.25) is 5.78 Å². The first-order chi connectivity index (χ1) is 14.6. The minimum atomic E-state index is -0.0640. The van der Waals surface area contributed by atoms with Crippen LogP contribution in [0.5, 0.6) is 11.5 Å². The van der Waals surface area contributed by atoms with Crippen LogP contribution >= 0.6 is 11.3 Å². The van der Waals surface area contributed by atoms with Crippen molar-refractivity contribution in [3.63, 3.8) is 0 Å². The Kier molecular flexibility index (Phi) is 4.93. The summed E-state index contributed by atoms with van der Waals surface area (Å²) >= 11 is 1.75. The van der Waals surface area contributed by atoms with E-state index in [0.717, 1.165) is 42.0 Å². The Morgan fingerprint density at radius 2 is 2.00 bits per heavy atom. The molecule has 0 spiro atoms. The predicted octanol–water partition coefficient (Wildman–Crippen LogP) is 5.59. The lowest BCUT2D eigenvalue weighted by atomic mass is 10.00. The fraction of sp³-hybridized carbons (Fsp3) is 0.240. The quantitative estimate of drug-likeness (QED) is 0.519. The fourth-order valence-corrected chi connectivity index (χ4v) is 4.77. The van der Waals surface area contributed by atoms with Gasteiger partial charge in [-0.2, -0.15) is 0 Å². The van der Waals surface area contributed by atoms with Crippen LogP contribution in [0.25, 0.3) is 6.08 Å². The molecule has 2 aliphatic heterocycles. The largest absolute Gasteiger partial charge is 0.477 e. The molecule has 0 unspecified atom stereocenters. The number of hydrogen-bond donors (Lipinski definition) is 0. The summed E-state index contributed by atoms with van der Waals surface area (Å²) < 4.78 is 12.1. The number of carbonyl (C=O) groups is 1. The Labute approximate surface area is 180 Å². The first-order valence-electron chi connectivity index (χ1n) is 10.2. The number of rotatable bonds is 4. The normalized spacial score (nSPS) is 16.9. The van der Waals surface area contributed by atoms with Gasteiger partial charge in [-0.1, -0.05) is 37.3 Å². The van der Waals surface area contributed by atoms with Crippen LogP contribution in [0, 0.1) is 6.92 Å². The highest BCUT2D eigenvalue weighted by Gasteiger charge is 2.33. The van der Waals surface area contributed by atoms with Gasteiger partial charge < -0.3 is 9.47 Å². The second kappa shape index (κ2) is 7.74. The van der Waals surface area contributed by atoms with Crippen molar-refractivity contribution in [2.45, 2.75) is 33.4 Å². The van der Waals surface area contributed by atoms with Crippen LogP contribution in [0.2, 0.25) is 0 Å². The van der Waals surface area contributed by atoms with Crippen molar-refractivity contribution in [2.24, 2.45) is 0 Å². The summed E-state index contributed by atoms with van der Waals surface area (Å²) in [6.45, 7) is 6.23. The molecule has 30 heavy (non-hydrogen) atoms. The van der Waals surface area contributed by atoms with Gasteiger partial charge in [0.25, 0.3) is 0 Å². The van der Waals surface area contributed by atoms with Gasteiger partial charge in [0.05, 0.1) is 5.56 Å². The number of ether oxygens (including phenoxy) is 2. The lowest BCUT2D eigenvalue weighted by Gasteiger charge is -2.30. The molecule has 2 aromatic carbocycles. The Morgan fingerprint density at radius 3 is 2.73 bits per heavy atom. The third kappa shape index (κ3) is 3.44. The van der Waals surface area contributed by atoms with E-state index in [9.17, 15) is 4.79 Å². The van der Waals surface area contributed by atoms with E-state index in [0.29, 0.717) is 23.8 Å². The molecule has 0 saturated carbocycles. The van der Waals surface area contributed by atoms with E-state index in [1.165, 1.54) is 10.4 Å². The molecule has 1 aromatic heterocycles. The first-order valence-corrected chi connectivity index (χ1v) is 11.1. The zero-order chi connectivity index (χ0) is 20.7. The second-order valence-electron chi connectivity index (χ2n) is 7.74. The van der Waals surface area contributed by atoms with Gasteiger partial charge in [0, 0.05) is 29.1 Å². The standard InChI is InChI=1S/C25H23NO3S/c1-3-17-6-8-18(9-7-17)11-22-23(27)21-12-19-13-26(14-20-5-4-10-30-20)15-28-24(19)16(2)25(21)29-22/h4-12H,3,13-15H2,1-2H3/b22-11-. The molecule has 0 bridgehead atoms. The number of nitrogens with zero attached hydrogens (tertiary/aromatic N) is 1. The molecule has 5 rings (SSSR count). The predicted molar refractivity (Wildman–Crippen MR) is 119 cm³/mol. The van der Waals surface area contributed by atoms with Crippen molar-refractivity contribution in [3.8, 4) is 11.5 Å². The van der Waals surface area contributed by atoms with Gasteiger partial charge in [0.15, 0.2) is 5.76 Å². The molecule has 0 radical (unpaired) electrons. The maximum absolute atomic E-state index is 13.1. The molecule has 2 aliphatic rings. The van der Waals surface area contributed by atoms with Crippen LogP contribution in [-0.2, 0) is 19.5 Å². The maximum Gasteiger partial charge on any atom is 0.231 e. The van der Waals surface area contributed by atoms with E-state index >= 15 is 0 Å². The van der Waals surface area contributed by atoms with E-state index in [-0.39, 0.29) is 5.78 Å². The summed E-state index contributed by atoms with van der Waals surface area (Å²) in [6.07, 6.45) is 2.82. The summed E-state index contributed by atoms with van der Waals surface area (Å²) in [7, 11) is 0. The summed E-state index contributed by atoms with van der Waals surface area (Å²) in [5, 5.41) is 2.09. The van der Waals surface area contributed by atoms with E-state index in [1.807, 2.05) is 31.2 Å². The molecule has 3 aromatic rings. The van der Waals surface area contributed by atoms with Gasteiger partial charge in [-0.3, -0.25) is 9.69 Å². The van der Waals surface area contributed by atoms with Crippen LogP contribution in [0.4, 0.5) is 0 Å². The third-order valence-electron chi connectivity index (χ3n) is 5.65. The zero-order valence-corrected chi connectivity index (χ0v) is 17.9. The highest BCUT2D eigenvalue weighted by Crippen LogP contribution is 2.43. The molecular formula is C25H23NO3S. The van der Waals surface area contributed by atoms with Gasteiger partial charge in [-0.25, -0.2) is 0 Å². The number of thiophene rings is 1. The molecule has 0 fully saturated rings. The first kappa shape index (κ1) is 19.1. The van der Waals surface area contributed by atoms with Crippen molar-refractivity contribution in [3.05, 3.63) is 86.3 Å². The van der Waals surface area contributed by atoms with Crippen LogP contribution in [0.15, 0.2) is 53.6 Å². The smallest absolute Gasteiger partial charge is 0.231 e. The highest BCUT2D eigenvalue weighted by molar-refractivity contribution is 7.09. The number of carbonyl (C=O) groups excluding carboxylic acids is 1. The topological polar surface area (TPSA) is 38.8 Å². The Morgan fingerprint density at radius 1 is 1.17 bits per heavy atom. The van der Waals surface area contributed by atoms with Crippen LogP contribution in [0.1, 0.15) is 44.4 Å². The van der Waals surface area contributed by atoms with E-state index in [4.69, 9.17) is 9.47 Å². The molecule has 4 nitrogen and oxygen atoms in total. The van der Waals surface area contributed by atoms with E-state index in [1.54, 1.807) is 11.3 Å². The molecule has 152 valence electrons. The summed E-state index contributed by atoms with van der Waals surface area (Å²) in [5.41, 5.74) is 4.80. The van der Waals surface area contributed by atoms with Crippen molar-refractivity contribution in [1.82, 2.24) is 4.90 Å². The number of aryl methyl sites for hydroxylation is 1. The van der Waals surface area contributed by atoms with Gasteiger partial charge >= 0.3 is 0 Å². The minimum absolute atomic E-state index is 0.0640. The Bertz CT molecular complexity index is 1130. The average Bonchev–Trinajstić information content (AvgIpc) is 3.38. The number of hydrogen-bond acceptors (Lipinski definition) is 5. The number of fused-ring (bicyclic) bond motifs is 2. The van der Waals surface area contributed by atoms with Crippen molar-refractivity contribution < 1.29 is 14.3 Å². The molecule has 0 saturated heterocycles. The summed E-state index contributed by atoms with van der Waals surface area (Å²) in [5.74, 6) is 1.78. The fourth-order valence-electron chi connectivity index (χ4n) is 4.02. The summed E-state index contributed by atoms with van der Waals surface area (Å²) in [4.78, 5) is 16.6. The van der Waals surface area contributed by atoms with Gasteiger partial charge in [-0.15, -0.1) is 11.3 Å². The van der Waals surface area contributed by atoms with Crippen LogP contribution in [0.3, 0.4) is 0 Å². The lowest BCUT2D eigenvalue weighted by Crippen LogP contribution is -2.31. The highest BCUT2D eigenvalue weighted by atomic mass is 32.1. The van der Waals surface area contributed by atoms with Crippen molar-refractivity contribution in [1.29, 1.82) is 0 Å². The second-order valence-corrected chi connectivity index (χ2v) is 8.77. The number of allylic oxidation sites excluding steroid dienone is 1. The maximum atomic E-state index is 13.1. The molecule has 0 amide bonds. The molecule has 0 aliphatic carbocycles. The van der Waals surface area contributed by atoms with Crippen molar-refractivity contribution in [2.75, 3.05) is 6.73 Å². The Hall–Kier alpha value is -2.89. The van der Waals surface area contributed by atoms with E-state index in [2.05, 4.69) is 41.5 Å². The summed E-state index contributed by atoms with van der Waals surface area (Å²) in [6, 6.07) is 14.4. The lowest BCUT2D eigenvalue weighted by molar-refractivity contribution is 0.0886. The van der Waals surface area contributed by atoms with Gasteiger partial charge in [0.1, 0.15) is 18.2 Å². The molecular weight excluding hydrogens is 394 g/mol. The molecule has 0 atom stereocenters. The monoisotopic (exact) mass is 417 g/mol. The zero-order valence-electron chi connectivity index (χ0n) is 17.1. The number of Topliss-reactive ketones (excluding diaryl/α,β-unsaturated/α-hetero) is 1. The molecule has 3 heterocycles. The molecule has 0 N–H and O–H groups in total. The third-order valence-corrected chi connectivity index (χ3v) is 6.51. The minimum Gasteiger partial charge on any atom is -0.477 e. The number of ketones is 1. The van der Waals surface area contributed by atoms with Crippen LogP contribution < -0.4 is 9.47 Å². The van der Waals surface area contributed by atoms with Crippen LogP contribution in [-0.4, -0.2) is 17.4 Å². The SMILES string of the molecule is CCc1ccc(/C=C2\Oc3c(cc4c(c3C)OCN(Cc3cccs3)C4)C2=O)cc1. The Balaban J connectivity index is 1.42. The average molecular weight is 418 g/mol. The molecule has 5 heteroatoms. The number of benzene rings is 2. The van der Waals surface area contributed by atoms with Crippen molar-refractivity contribution >= 4 is 23.2 Å².